The van der Waals surface area contributed by atoms with E-state index in [9.17, 15) is 4.79 Å². The summed E-state index contributed by atoms with van der Waals surface area (Å²) >= 11 is 0. The number of ether oxygens (including phenoxy) is 1. The van der Waals surface area contributed by atoms with E-state index in [0.717, 1.165) is 0 Å². The normalized spacial score (nSPS) is 19.6. The predicted octanol–water partition coefficient (Wildman–Crippen LogP) is 0.475. The Morgan fingerprint density at radius 2 is 2.09 bits per heavy atom. The molecule has 5 nitrogen and oxygen atoms in total. The second-order valence-electron chi connectivity index (χ2n) is 2.86. The molecule has 0 N–H and O–H groups in total. The van der Waals surface area contributed by atoms with Crippen LogP contribution in [0.5, 0.6) is 0 Å². The maximum absolute atomic E-state index is 11.0. The van der Waals surface area contributed by atoms with Gasteiger partial charge in [-0.25, -0.2) is 9.42 Å². The number of hydrogen-bond acceptors (Lipinski definition) is 5. The molecule has 0 saturated heterocycles. The lowest BCUT2D eigenvalue weighted by Crippen LogP contribution is -2.17. The summed E-state index contributed by atoms with van der Waals surface area (Å²) in [5.74, 6) is -0.466. The van der Waals surface area contributed by atoms with Gasteiger partial charge >= 0.3 is 5.97 Å². The summed E-state index contributed by atoms with van der Waals surface area (Å²) in [6, 6.07) is 0. The molecule has 0 fully saturated rings. The molecule has 0 amide bonds. The predicted molar refractivity (Wildman–Crippen MR) is 32.7 cm³/mol. The second-order valence-corrected chi connectivity index (χ2v) is 2.86. The van der Waals surface area contributed by atoms with Crippen LogP contribution in [0.15, 0.2) is 4.63 Å². The van der Waals surface area contributed by atoms with Crippen LogP contribution in [0.25, 0.3) is 0 Å². The van der Waals surface area contributed by atoms with Crippen molar-refractivity contribution >= 4 is 5.97 Å². The summed E-state index contributed by atoms with van der Waals surface area (Å²) in [5.41, 5.74) is -0.0237. The van der Waals surface area contributed by atoms with Crippen molar-refractivity contribution in [2.75, 3.05) is 0 Å². The third-order valence-electron chi connectivity index (χ3n) is 1.60. The van der Waals surface area contributed by atoms with Crippen molar-refractivity contribution in [2.45, 2.75) is 19.4 Å². The van der Waals surface area contributed by atoms with E-state index < -0.39 is 11.6 Å². The molecule has 1 aromatic heterocycles. The Hall–Kier alpha value is -1.39. The molecule has 0 atom stereocenters. The molecule has 58 valence electrons. The molecular formula is C6H6N2O3. The number of carbonyl (C=O) groups is 1. The molecule has 2 rings (SSSR count). The minimum atomic E-state index is -0.688. The lowest BCUT2D eigenvalue weighted by molar-refractivity contribution is 0.00413. The first-order valence-corrected chi connectivity index (χ1v) is 3.17. The van der Waals surface area contributed by atoms with Gasteiger partial charge in [0.1, 0.15) is 0 Å². The Morgan fingerprint density at radius 3 is 2.73 bits per heavy atom. The lowest BCUT2D eigenvalue weighted by Gasteiger charge is -2.13. The average molecular weight is 154 g/mol. The van der Waals surface area contributed by atoms with Crippen LogP contribution in [0, 0.1) is 0 Å². The summed E-state index contributed by atoms with van der Waals surface area (Å²) in [6.45, 7) is 3.47. The van der Waals surface area contributed by atoms with Gasteiger partial charge in [0, 0.05) is 0 Å². The third-order valence-corrected chi connectivity index (χ3v) is 1.60. The molecule has 5 heteroatoms. The van der Waals surface area contributed by atoms with Gasteiger partial charge in [0.2, 0.25) is 5.69 Å². The average Bonchev–Trinajstić information content (AvgIpc) is 2.37. The van der Waals surface area contributed by atoms with Gasteiger partial charge in [-0.2, -0.15) is 0 Å². The zero-order valence-corrected chi connectivity index (χ0v) is 6.12. The molecule has 0 unspecified atom stereocenters. The van der Waals surface area contributed by atoms with Gasteiger partial charge in [-0.15, -0.1) is 0 Å². The smallest absolute Gasteiger partial charge is 0.363 e. The summed E-state index contributed by atoms with van der Waals surface area (Å²) < 4.78 is 9.33. The van der Waals surface area contributed by atoms with Gasteiger partial charge in [-0.3, -0.25) is 0 Å². The first-order valence-electron chi connectivity index (χ1n) is 3.17. The van der Waals surface area contributed by atoms with E-state index in [0.29, 0.717) is 5.69 Å². The van der Waals surface area contributed by atoms with E-state index >= 15 is 0 Å². The van der Waals surface area contributed by atoms with Gasteiger partial charge in [-0.05, 0) is 24.2 Å². The molecule has 0 aromatic carbocycles. The number of hydrogen-bond donors (Lipinski definition) is 0. The molecule has 0 spiro atoms. The lowest BCUT2D eigenvalue weighted by atomic mass is 10.1. The standard InChI is InChI=1S/C6H6N2O3/c1-6(2)4-3(5(9)10-6)7-11-8-4/h1-2H3. The van der Waals surface area contributed by atoms with Crippen LogP contribution < -0.4 is 0 Å². The van der Waals surface area contributed by atoms with Crippen LogP contribution in [-0.2, 0) is 10.3 Å². The van der Waals surface area contributed by atoms with E-state index in [1.54, 1.807) is 13.8 Å². The highest BCUT2D eigenvalue weighted by Gasteiger charge is 2.43. The van der Waals surface area contributed by atoms with E-state index in [1.165, 1.54) is 0 Å². The van der Waals surface area contributed by atoms with E-state index in [4.69, 9.17) is 4.74 Å². The zero-order chi connectivity index (χ0) is 8.06. The molecule has 11 heavy (non-hydrogen) atoms. The molecule has 0 radical (unpaired) electrons. The van der Waals surface area contributed by atoms with Crippen LogP contribution in [-0.4, -0.2) is 16.3 Å². The van der Waals surface area contributed by atoms with Gasteiger partial charge in [-0.1, -0.05) is 0 Å². The highest BCUT2D eigenvalue weighted by atomic mass is 16.6. The highest BCUT2D eigenvalue weighted by molar-refractivity contribution is 5.91. The molecule has 0 saturated carbocycles. The molecule has 0 bridgehead atoms. The Kier molecular flexibility index (Phi) is 0.925. The van der Waals surface area contributed by atoms with Crippen LogP contribution >= 0.6 is 0 Å². The van der Waals surface area contributed by atoms with Crippen molar-refractivity contribution in [3.8, 4) is 0 Å². The Bertz CT molecular complexity index is 315. The number of aromatic nitrogens is 2. The van der Waals surface area contributed by atoms with Gasteiger partial charge < -0.3 is 4.74 Å². The minimum Gasteiger partial charge on any atom is -0.448 e. The number of esters is 1. The Labute approximate surface area is 62.3 Å². The zero-order valence-electron chi connectivity index (χ0n) is 6.12. The van der Waals surface area contributed by atoms with E-state index in [2.05, 4.69) is 14.9 Å². The van der Waals surface area contributed by atoms with Crippen LogP contribution in [0.1, 0.15) is 30.0 Å². The van der Waals surface area contributed by atoms with Crippen molar-refractivity contribution in [2.24, 2.45) is 0 Å². The first-order chi connectivity index (χ1) is 5.11. The number of cyclic esters (lactones) is 1. The largest absolute Gasteiger partial charge is 0.448 e. The summed E-state index contributed by atoms with van der Waals surface area (Å²) in [4.78, 5) is 11.0. The maximum Gasteiger partial charge on any atom is 0.363 e. The number of rotatable bonds is 0. The molecule has 0 aliphatic carbocycles. The van der Waals surface area contributed by atoms with Crippen molar-refractivity contribution in [1.82, 2.24) is 10.3 Å². The summed E-state index contributed by atoms with van der Waals surface area (Å²) in [5, 5.41) is 6.98. The topological polar surface area (TPSA) is 65.2 Å². The number of fused-ring (bicyclic) bond motifs is 1. The first kappa shape index (κ1) is 6.33. The van der Waals surface area contributed by atoms with Gasteiger partial charge in [0.15, 0.2) is 11.3 Å². The van der Waals surface area contributed by atoms with E-state index in [-0.39, 0.29) is 5.69 Å². The van der Waals surface area contributed by atoms with Gasteiger partial charge in [0.05, 0.1) is 0 Å². The van der Waals surface area contributed by atoms with Crippen molar-refractivity contribution in [3.63, 3.8) is 0 Å². The number of carbonyl (C=O) groups excluding carboxylic acids is 1. The summed E-state index contributed by atoms with van der Waals surface area (Å²) in [7, 11) is 0. The Morgan fingerprint density at radius 1 is 1.36 bits per heavy atom. The quantitative estimate of drug-likeness (QED) is 0.508. The second kappa shape index (κ2) is 1.61. The Balaban J connectivity index is 2.63. The minimum absolute atomic E-state index is 0.190. The molecule has 1 aromatic rings. The third kappa shape index (κ3) is 0.675. The number of nitrogens with zero attached hydrogens (tertiary/aromatic N) is 2. The van der Waals surface area contributed by atoms with Gasteiger partial charge in [0.25, 0.3) is 0 Å². The van der Waals surface area contributed by atoms with E-state index in [1.807, 2.05) is 0 Å². The molecular weight excluding hydrogens is 148 g/mol. The summed E-state index contributed by atoms with van der Waals surface area (Å²) in [6.07, 6.45) is 0. The highest BCUT2D eigenvalue weighted by Crippen LogP contribution is 2.32. The van der Waals surface area contributed by atoms with Crippen molar-refractivity contribution in [3.05, 3.63) is 11.4 Å². The van der Waals surface area contributed by atoms with Crippen molar-refractivity contribution in [1.29, 1.82) is 0 Å². The SMILES string of the molecule is CC1(C)OC(=O)c2nonc21. The molecule has 1 aliphatic heterocycles. The van der Waals surface area contributed by atoms with Crippen LogP contribution in [0.3, 0.4) is 0 Å². The maximum atomic E-state index is 11.0. The van der Waals surface area contributed by atoms with Crippen LogP contribution in [0.4, 0.5) is 0 Å². The fourth-order valence-electron chi connectivity index (χ4n) is 1.05. The van der Waals surface area contributed by atoms with Crippen LogP contribution in [0.2, 0.25) is 0 Å². The van der Waals surface area contributed by atoms with Crippen molar-refractivity contribution < 1.29 is 14.2 Å². The molecule has 2 heterocycles. The fourth-order valence-corrected chi connectivity index (χ4v) is 1.05. The monoisotopic (exact) mass is 154 g/mol. The molecule has 1 aliphatic rings. The fraction of sp³-hybridized carbons (Fsp3) is 0.500.